The van der Waals surface area contributed by atoms with E-state index in [4.69, 9.17) is 9.47 Å². The van der Waals surface area contributed by atoms with Gasteiger partial charge in [0.05, 0.1) is 7.11 Å². The summed E-state index contributed by atoms with van der Waals surface area (Å²) >= 11 is 0. The minimum Gasteiger partial charge on any atom is -0.497 e. The summed E-state index contributed by atoms with van der Waals surface area (Å²) in [6, 6.07) is 15.5. The molecule has 0 fully saturated rings. The van der Waals surface area contributed by atoms with E-state index in [0.29, 0.717) is 12.3 Å². The van der Waals surface area contributed by atoms with Crippen molar-refractivity contribution in [3.8, 4) is 11.5 Å². The molecule has 0 bridgehead atoms. The summed E-state index contributed by atoms with van der Waals surface area (Å²) in [5.74, 6) is 1.35. The number of methoxy groups -OCH3 is 1. The Kier molecular flexibility index (Phi) is 6.07. The number of benzene rings is 2. The highest BCUT2D eigenvalue weighted by Gasteiger charge is 2.16. The second kappa shape index (κ2) is 8.06. The zero-order valence-electron chi connectivity index (χ0n) is 15.6. The van der Waals surface area contributed by atoms with Gasteiger partial charge in [0.1, 0.15) is 11.5 Å². The van der Waals surface area contributed by atoms with Crippen LogP contribution in [0.3, 0.4) is 0 Å². The van der Waals surface area contributed by atoms with Gasteiger partial charge in [0.2, 0.25) is 0 Å². The summed E-state index contributed by atoms with van der Waals surface area (Å²) in [4.78, 5) is 12.2. The van der Waals surface area contributed by atoms with Crippen molar-refractivity contribution < 1.29 is 14.3 Å². The largest absolute Gasteiger partial charge is 0.497 e. The van der Waals surface area contributed by atoms with Gasteiger partial charge in [-0.25, -0.2) is 0 Å². The predicted molar refractivity (Wildman–Crippen MR) is 100 cm³/mol. The third-order valence-electron chi connectivity index (χ3n) is 4.03. The van der Waals surface area contributed by atoms with E-state index in [1.807, 2.05) is 48.5 Å². The summed E-state index contributed by atoms with van der Waals surface area (Å²) in [7, 11) is 1.63. The maximum absolute atomic E-state index is 12.2. The van der Waals surface area contributed by atoms with Crippen LogP contribution in [0, 0.1) is 0 Å². The van der Waals surface area contributed by atoms with Gasteiger partial charge in [-0.05, 0) is 47.7 Å². The van der Waals surface area contributed by atoms with Crippen molar-refractivity contribution in [1.29, 1.82) is 0 Å². The van der Waals surface area contributed by atoms with Gasteiger partial charge < -0.3 is 14.8 Å². The van der Waals surface area contributed by atoms with E-state index in [2.05, 4.69) is 26.1 Å². The molecular formula is C21H27NO3. The first kappa shape index (κ1) is 18.8. The van der Waals surface area contributed by atoms with E-state index in [1.165, 1.54) is 5.56 Å². The highest BCUT2D eigenvalue weighted by molar-refractivity contribution is 5.80. The highest BCUT2D eigenvalue weighted by Crippen LogP contribution is 2.24. The number of carbonyl (C=O) groups excluding carboxylic acids is 1. The number of rotatable bonds is 6. The summed E-state index contributed by atoms with van der Waals surface area (Å²) < 4.78 is 10.9. The third kappa shape index (κ3) is 5.52. The molecule has 1 N–H and O–H groups in total. The molecule has 0 aliphatic heterocycles. The lowest BCUT2D eigenvalue weighted by atomic mass is 9.87. The van der Waals surface area contributed by atoms with E-state index in [-0.39, 0.29) is 11.3 Å². The molecule has 2 rings (SSSR count). The van der Waals surface area contributed by atoms with Gasteiger partial charge in [0.15, 0.2) is 6.10 Å². The molecule has 0 saturated heterocycles. The lowest BCUT2D eigenvalue weighted by Gasteiger charge is -2.20. The SMILES string of the molecule is COc1ccc(CNC(=O)[C@@H](C)Oc2ccc(C(C)(C)C)cc2)cc1. The Morgan fingerprint density at radius 2 is 1.56 bits per heavy atom. The summed E-state index contributed by atoms with van der Waals surface area (Å²) in [5, 5.41) is 2.89. The first-order valence-electron chi connectivity index (χ1n) is 8.47. The number of nitrogens with one attached hydrogen (secondary N) is 1. The monoisotopic (exact) mass is 341 g/mol. The fourth-order valence-corrected chi connectivity index (χ4v) is 2.37. The zero-order valence-corrected chi connectivity index (χ0v) is 15.6. The predicted octanol–water partition coefficient (Wildman–Crippen LogP) is 4.08. The van der Waals surface area contributed by atoms with Crippen molar-refractivity contribution in [2.75, 3.05) is 7.11 Å². The molecule has 0 radical (unpaired) electrons. The van der Waals surface area contributed by atoms with Crippen molar-refractivity contribution in [3.63, 3.8) is 0 Å². The first-order chi connectivity index (χ1) is 11.8. The van der Waals surface area contributed by atoms with Gasteiger partial charge in [0, 0.05) is 6.54 Å². The molecule has 0 aromatic heterocycles. The summed E-state index contributed by atoms with van der Waals surface area (Å²) in [6.45, 7) is 8.70. The number of hydrogen-bond donors (Lipinski definition) is 1. The molecular weight excluding hydrogens is 314 g/mol. The van der Waals surface area contributed by atoms with Crippen molar-refractivity contribution in [2.24, 2.45) is 0 Å². The van der Waals surface area contributed by atoms with Crippen molar-refractivity contribution in [1.82, 2.24) is 5.32 Å². The van der Waals surface area contributed by atoms with E-state index >= 15 is 0 Å². The molecule has 4 heteroatoms. The average Bonchev–Trinajstić information content (AvgIpc) is 2.59. The van der Waals surface area contributed by atoms with E-state index in [1.54, 1.807) is 14.0 Å². The maximum Gasteiger partial charge on any atom is 0.261 e. The van der Waals surface area contributed by atoms with Crippen LogP contribution in [-0.2, 0) is 16.8 Å². The molecule has 0 saturated carbocycles. The minimum atomic E-state index is -0.557. The summed E-state index contributed by atoms with van der Waals surface area (Å²) in [6.07, 6.45) is -0.557. The lowest BCUT2D eigenvalue weighted by molar-refractivity contribution is -0.127. The molecule has 0 aliphatic carbocycles. The van der Waals surface area contributed by atoms with Gasteiger partial charge >= 0.3 is 0 Å². The normalized spacial score (nSPS) is 12.4. The summed E-state index contributed by atoms with van der Waals surface area (Å²) in [5.41, 5.74) is 2.34. The zero-order chi connectivity index (χ0) is 18.4. The molecule has 0 spiro atoms. The fraction of sp³-hybridized carbons (Fsp3) is 0.381. The standard InChI is InChI=1S/C21H27NO3/c1-15(25-19-12-8-17(9-13-19)21(2,3)4)20(23)22-14-16-6-10-18(24-5)11-7-16/h6-13,15H,14H2,1-5H3,(H,22,23)/t15-/m1/s1. The lowest BCUT2D eigenvalue weighted by Crippen LogP contribution is -2.35. The van der Waals surface area contributed by atoms with Crippen molar-refractivity contribution in [3.05, 3.63) is 59.7 Å². The molecule has 25 heavy (non-hydrogen) atoms. The number of ether oxygens (including phenoxy) is 2. The van der Waals surface area contributed by atoms with Gasteiger partial charge in [0.25, 0.3) is 5.91 Å². The average molecular weight is 341 g/mol. The smallest absolute Gasteiger partial charge is 0.261 e. The maximum atomic E-state index is 12.2. The Hall–Kier alpha value is -2.49. The Bertz CT molecular complexity index is 685. The molecule has 1 amide bonds. The number of carbonyl (C=O) groups is 1. The second-order valence-electron chi connectivity index (χ2n) is 7.10. The Morgan fingerprint density at radius 1 is 1.00 bits per heavy atom. The first-order valence-corrected chi connectivity index (χ1v) is 8.47. The van der Waals surface area contributed by atoms with Crippen LogP contribution in [0.15, 0.2) is 48.5 Å². The highest BCUT2D eigenvalue weighted by atomic mass is 16.5. The van der Waals surface area contributed by atoms with Crippen LogP contribution < -0.4 is 14.8 Å². The van der Waals surface area contributed by atoms with E-state index in [9.17, 15) is 4.79 Å². The number of hydrogen-bond acceptors (Lipinski definition) is 3. The second-order valence-corrected chi connectivity index (χ2v) is 7.10. The molecule has 1 atom stereocenters. The van der Waals surface area contributed by atoms with E-state index in [0.717, 1.165) is 11.3 Å². The van der Waals surface area contributed by atoms with Crippen LogP contribution in [0.25, 0.3) is 0 Å². The molecule has 134 valence electrons. The topological polar surface area (TPSA) is 47.6 Å². The minimum absolute atomic E-state index is 0.0971. The van der Waals surface area contributed by atoms with Crippen LogP contribution in [-0.4, -0.2) is 19.1 Å². The molecule has 0 heterocycles. The van der Waals surface area contributed by atoms with Gasteiger partial charge in [-0.15, -0.1) is 0 Å². The Balaban J connectivity index is 1.87. The van der Waals surface area contributed by atoms with Crippen LogP contribution in [0.5, 0.6) is 11.5 Å². The quantitative estimate of drug-likeness (QED) is 0.861. The van der Waals surface area contributed by atoms with Crippen LogP contribution in [0.1, 0.15) is 38.8 Å². The Labute approximate surface area is 150 Å². The molecule has 2 aromatic carbocycles. The van der Waals surface area contributed by atoms with Gasteiger partial charge in [-0.3, -0.25) is 4.79 Å². The third-order valence-corrected chi connectivity index (χ3v) is 4.03. The molecule has 0 unspecified atom stereocenters. The van der Waals surface area contributed by atoms with E-state index < -0.39 is 6.10 Å². The van der Waals surface area contributed by atoms with Gasteiger partial charge in [-0.2, -0.15) is 0 Å². The number of amides is 1. The van der Waals surface area contributed by atoms with Crippen molar-refractivity contribution >= 4 is 5.91 Å². The molecule has 4 nitrogen and oxygen atoms in total. The van der Waals surface area contributed by atoms with Crippen LogP contribution in [0.4, 0.5) is 0 Å². The molecule has 0 aliphatic rings. The fourth-order valence-electron chi connectivity index (χ4n) is 2.37. The van der Waals surface area contributed by atoms with Crippen molar-refractivity contribution in [2.45, 2.75) is 45.8 Å². The van der Waals surface area contributed by atoms with Crippen LogP contribution >= 0.6 is 0 Å². The Morgan fingerprint density at radius 3 is 2.08 bits per heavy atom. The molecule has 2 aromatic rings. The van der Waals surface area contributed by atoms with Gasteiger partial charge in [-0.1, -0.05) is 45.0 Å². The van der Waals surface area contributed by atoms with Crippen LogP contribution in [0.2, 0.25) is 0 Å².